The van der Waals surface area contributed by atoms with Crippen molar-refractivity contribution in [1.82, 2.24) is 0 Å². The lowest BCUT2D eigenvalue weighted by atomic mass is 9.93. The van der Waals surface area contributed by atoms with Crippen molar-refractivity contribution in [3.8, 4) is 5.75 Å². The number of aliphatic hydroxyl groups is 1. The van der Waals surface area contributed by atoms with Crippen molar-refractivity contribution in [2.75, 3.05) is 11.1 Å². The maximum absolute atomic E-state index is 9.51. The number of nitrogens with two attached hydrogens (primary N) is 1. The van der Waals surface area contributed by atoms with E-state index in [0.717, 1.165) is 37.1 Å². The second kappa shape index (κ2) is 6.15. The first-order valence-corrected chi connectivity index (χ1v) is 7.05. The fourth-order valence-electron chi connectivity index (χ4n) is 2.50. The van der Waals surface area contributed by atoms with Crippen LogP contribution in [0.1, 0.15) is 39.5 Å². The van der Waals surface area contributed by atoms with Crippen molar-refractivity contribution in [2.24, 2.45) is 0 Å². The van der Waals surface area contributed by atoms with Gasteiger partial charge in [-0.15, -0.1) is 0 Å². The topological polar surface area (TPSA) is 67.5 Å². The van der Waals surface area contributed by atoms with Gasteiger partial charge in [-0.2, -0.15) is 0 Å². The Hall–Kier alpha value is -1.42. The highest BCUT2D eigenvalue weighted by Crippen LogP contribution is 2.27. The second-order valence-electron chi connectivity index (χ2n) is 5.61. The number of nitrogens with one attached hydrogen (secondary N) is 1. The Bertz CT molecular complexity index is 413. The van der Waals surface area contributed by atoms with Gasteiger partial charge < -0.3 is 20.9 Å². The number of nitrogen functional groups attached to an aromatic ring is 1. The first-order chi connectivity index (χ1) is 9.02. The van der Waals surface area contributed by atoms with E-state index in [2.05, 4.69) is 5.32 Å². The number of benzene rings is 1. The van der Waals surface area contributed by atoms with Crippen molar-refractivity contribution in [3.63, 3.8) is 0 Å². The van der Waals surface area contributed by atoms with Crippen LogP contribution < -0.4 is 15.8 Å². The summed E-state index contributed by atoms with van der Waals surface area (Å²) in [4.78, 5) is 0. The summed E-state index contributed by atoms with van der Waals surface area (Å²) in [5.41, 5.74) is 7.60. The minimum atomic E-state index is -0.126. The molecule has 0 amide bonds. The molecule has 0 unspecified atom stereocenters. The van der Waals surface area contributed by atoms with E-state index >= 15 is 0 Å². The molecule has 1 aromatic rings. The molecule has 1 aromatic carbocycles. The van der Waals surface area contributed by atoms with Gasteiger partial charge >= 0.3 is 0 Å². The molecule has 19 heavy (non-hydrogen) atoms. The Kier molecular flexibility index (Phi) is 4.53. The van der Waals surface area contributed by atoms with Crippen LogP contribution in [0.2, 0.25) is 0 Å². The SMILES string of the molecule is CC(C)Oc1cc(N)cc(NC2CCC(O)CC2)c1. The number of hydrogen-bond donors (Lipinski definition) is 3. The summed E-state index contributed by atoms with van der Waals surface area (Å²) < 4.78 is 5.68. The van der Waals surface area contributed by atoms with Gasteiger partial charge in [-0.25, -0.2) is 0 Å². The standard InChI is InChI=1S/C15H24N2O2/c1-10(2)19-15-8-11(16)7-13(9-15)17-12-3-5-14(18)6-4-12/h7-10,12,14,17-18H,3-6,16H2,1-2H3. The lowest BCUT2D eigenvalue weighted by Gasteiger charge is -2.27. The van der Waals surface area contributed by atoms with E-state index in [4.69, 9.17) is 10.5 Å². The fourth-order valence-corrected chi connectivity index (χ4v) is 2.50. The van der Waals surface area contributed by atoms with Gasteiger partial charge in [0.05, 0.1) is 12.2 Å². The lowest BCUT2D eigenvalue weighted by molar-refractivity contribution is 0.126. The molecule has 1 aliphatic carbocycles. The summed E-state index contributed by atoms with van der Waals surface area (Å²) in [5, 5.41) is 13.0. The van der Waals surface area contributed by atoms with Crippen LogP contribution in [-0.2, 0) is 0 Å². The predicted octanol–water partition coefficient (Wildman–Crippen LogP) is 2.77. The van der Waals surface area contributed by atoms with Gasteiger partial charge in [0, 0.05) is 29.5 Å². The fraction of sp³-hybridized carbons (Fsp3) is 0.600. The lowest BCUT2D eigenvalue weighted by Crippen LogP contribution is -2.28. The third kappa shape index (κ3) is 4.31. The van der Waals surface area contributed by atoms with E-state index in [0.29, 0.717) is 11.7 Å². The molecule has 0 heterocycles. The molecule has 0 bridgehead atoms. The normalized spacial score (nSPS) is 23.4. The van der Waals surface area contributed by atoms with Crippen LogP contribution in [0.4, 0.5) is 11.4 Å². The second-order valence-corrected chi connectivity index (χ2v) is 5.61. The molecule has 2 rings (SSSR count). The molecule has 1 saturated carbocycles. The van der Waals surface area contributed by atoms with Crippen LogP contribution in [0, 0.1) is 0 Å². The molecule has 4 heteroatoms. The molecule has 0 radical (unpaired) electrons. The van der Waals surface area contributed by atoms with Crippen molar-refractivity contribution in [3.05, 3.63) is 18.2 Å². The zero-order valence-electron chi connectivity index (χ0n) is 11.7. The molecule has 4 N–H and O–H groups in total. The van der Waals surface area contributed by atoms with Gasteiger partial charge in [0.2, 0.25) is 0 Å². The van der Waals surface area contributed by atoms with Gasteiger partial charge in [-0.05, 0) is 45.6 Å². The average molecular weight is 264 g/mol. The van der Waals surface area contributed by atoms with E-state index in [1.54, 1.807) is 0 Å². The summed E-state index contributed by atoms with van der Waals surface area (Å²) in [5.74, 6) is 0.799. The molecule has 0 saturated heterocycles. The number of hydrogen-bond acceptors (Lipinski definition) is 4. The van der Waals surface area contributed by atoms with Crippen LogP contribution in [0.5, 0.6) is 5.75 Å². The molecule has 1 fully saturated rings. The minimum Gasteiger partial charge on any atom is -0.491 e. The summed E-state index contributed by atoms with van der Waals surface area (Å²) in [6.45, 7) is 4.00. The number of aliphatic hydroxyl groups excluding tert-OH is 1. The summed E-state index contributed by atoms with van der Waals surface area (Å²) in [6, 6.07) is 6.17. The predicted molar refractivity (Wildman–Crippen MR) is 78.5 cm³/mol. The van der Waals surface area contributed by atoms with Crippen LogP contribution in [0.25, 0.3) is 0 Å². The number of ether oxygens (including phenoxy) is 1. The third-order valence-electron chi connectivity index (χ3n) is 3.37. The first-order valence-electron chi connectivity index (χ1n) is 7.05. The highest BCUT2D eigenvalue weighted by atomic mass is 16.5. The molecule has 0 aliphatic heterocycles. The Morgan fingerprint density at radius 1 is 1.21 bits per heavy atom. The van der Waals surface area contributed by atoms with E-state index < -0.39 is 0 Å². The molecule has 106 valence electrons. The van der Waals surface area contributed by atoms with Crippen molar-refractivity contribution < 1.29 is 9.84 Å². The largest absolute Gasteiger partial charge is 0.491 e. The Morgan fingerprint density at radius 2 is 1.89 bits per heavy atom. The maximum atomic E-state index is 9.51. The molecule has 4 nitrogen and oxygen atoms in total. The highest BCUT2D eigenvalue weighted by molar-refractivity contribution is 5.59. The maximum Gasteiger partial charge on any atom is 0.123 e. The molecule has 0 aromatic heterocycles. The van der Waals surface area contributed by atoms with Gasteiger partial charge in [0.1, 0.15) is 5.75 Å². The summed E-state index contributed by atoms with van der Waals surface area (Å²) in [7, 11) is 0. The van der Waals surface area contributed by atoms with E-state index in [1.165, 1.54) is 0 Å². The summed E-state index contributed by atoms with van der Waals surface area (Å²) >= 11 is 0. The van der Waals surface area contributed by atoms with Crippen LogP contribution in [-0.4, -0.2) is 23.4 Å². The van der Waals surface area contributed by atoms with Gasteiger partial charge in [0.25, 0.3) is 0 Å². The first kappa shape index (κ1) is 14.0. The van der Waals surface area contributed by atoms with Crippen LogP contribution >= 0.6 is 0 Å². The third-order valence-corrected chi connectivity index (χ3v) is 3.37. The summed E-state index contributed by atoms with van der Waals surface area (Å²) in [6.07, 6.45) is 3.75. The van der Waals surface area contributed by atoms with E-state index in [1.807, 2.05) is 32.0 Å². The average Bonchev–Trinajstić information content (AvgIpc) is 2.30. The van der Waals surface area contributed by atoms with Crippen molar-refractivity contribution in [2.45, 2.75) is 57.8 Å². The Labute approximate surface area is 115 Å². The number of anilines is 2. The zero-order chi connectivity index (χ0) is 13.8. The zero-order valence-corrected chi connectivity index (χ0v) is 11.7. The van der Waals surface area contributed by atoms with Gasteiger partial charge in [-0.3, -0.25) is 0 Å². The minimum absolute atomic E-state index is 0.126. The van der Waals surface area contributed by atoms with Crippen molar-refractivity contribution in [1.29, 1.82) is 0 Å². The number of rotatable bonds is 4. The monoisotopic (exact) mass is 264 g/mol. The van der Waals surface area contributed by atoms with Crippen LogP contribution in [0.15, 0.2) is 18.2 Å². The smallest absolute Gasteiger partial charge is 0.123 e. The van der Waals surface area contributed by atoms with Gasteiger partial charge in [-0.1, -0.05) is 0 Å². The van der Waals surface area contributed by atoms with Crippen molar-refractivity contribution >= 4 is 11.4 Å². The molecular formula is C15H24N2O2. The molecule has 0 atom stereocenters. The molecular weight excluding hydrogens is 240 g/mol. The molecule has 0 spiro atoms. The van der Waals surface area contributed by atoms with Crippen LogP contribution in [0.3, 0.4) is 0 Å². The van der Waals surface area contributed by atoms with E-state index in [9.17, 15) is 5.11 Å². The Balaban J connectivity index is 2.01. The molecule has 1 aliphatic rings. The quantitative estimate of drug-likeness (QED) is 0.731. The van der Waals surface area contributed by atoms with E-state index in [-0.39, 0.29) is 12.2 Å². The highest BCUT2D eigenvalue weighted by Gasteiger charge is 2.19. The Morgan fingerprint density at radius 3 is 2.53 bits per heavy atom. The van der Waals surface area contributed by atoms with Gasteiger partial charge in [0.15, 0.2) is 0 Å².